The van der Waals surface area contributed by atoms with Gasteiger partial charge < -0.3 is 10.6 Å². The van der Waals surface area contributed by atoms with Crippen LogP contribution in [0.4, 0.5) is 11.4 Å². The highest BCUT2D eigenvalue weighted by Gasteiger charge is 2.13. The Labute approximate surface area is 125 Å². The lowest BCUT2D eigenvalue weighted by molar-refractivity contribution is -0.117. The van der Waals surface area contributed by atoms with Crippen LogP contribution in [0.5, 0.6) is 0 Å². The molecule has 0 atom stereocenters. The second-order valence-electron chi connectivity index (χ2n) is 5.36. The molecule has 0 aromatic heterocycles. The van der Waals surface area contributed by atoms with Gasteiger partial charge in [-0.2, -0.15) is 0 Å². The van der Waals surface area contributed by atoms with E-state index < -0.39 is 0 Å². The standard InChI is InChI=1S/C16H23N3O2/c1-2-15(20)17-13-6-8-14(9-7-13)18-16(21)12-19-10-4-3-5-11-19/h6-9H,2-5,10-12H2,1H3,(H,17,20)(H,18,21). The highest BCUT2D eigenvalue weighted by atomic mass is 16.2. The summed E-state index contributed by atoms with van der Waals surface area (Å²) in [5.41, 5.74) is 1.50. The number of piperidine rings is 1. The minimum atomic E-state index is -0.0168. The van der Waals surface area contributed by atoms with Gasteiger partial charge in [0.2, 0.25) is 11.8 Å². The van der Waals surface area contributed by atoms with Gasteiger partial charge in [-0.05, 0) is 50.2 Å². The SMILES string of the molecule is CCC(=O)Nc1ccc(NC(=O)CN2CCCCC2)cc1. The Balaban J connectivity index is 1.81. The molecular formula is C16H23N3O2. The third-order valence-corrected chi connectivity index (χ3v) is 3.59. The number of benzene rings is 1. The van der Waals surface area contributed by atoms with Gasteiger partial charge in [-0.1, -0.05) is 13.3 Å². The first-order valence-corrected chi connectivity index (χ1v) is 7.59. The van der Waals surface area contributed by atoms with E-state index in [1.54, 1.807) is 24.3 Å². The monoisotopic (exact) mass is 289 g/mol. The van der Waals surface area contributed by atoms with Crippen LogP contribution in [-0.4, -0.2) is 36.3 Å². The first-order valence-electron chi connectivity index (χ1n) is 7.59. The maximum atomic E-state index is 12.0. The Bertz CT molecular complexity index is 479. The summed E-state index contributed by atoms with van der Waals surface area (Å²) in [6.07, 6.45) is 4.08. The van der Waals surface area contributed by atoms with Crippen molar-refractivity contribution in [2.24, 2.45) is 0 Å². The molecule has 1 aromatic rings. The Morgan fingerprint density at radius 2 is 1.48 bits per heavy atom. The molecule has 0 aliphatic carbocycles. The van der Waals surface area contributed by atoms with Gasteiger partial charge in [0, 0.05) is 17.8 Å². The van der Waals surface area contributed by atoms with Crippen molar-refractivity contribution in [3.8, 4) is 0 Å². The number of rotatable bonds is 5. The van der Waals surface area contributed by atoms with Gasteiger partial charge in [0.25, 0.3) is 0 Å². The summed E-state index contributed by atoms with van der Waals surface area (Å²) in [6, 6.07) is 7.20. The van der Waals surface area contributed by atoms with E-state index in [0.717, 1.165) is 24.5 Å². The van der Waals surface area contributed by atoms with Crippen LogP contribution in [0.3, 0.4) is 0 Å². The van der Waals surface area contributed by atoms with Crippen LogP contribution >= 0.6 is 0 Å². The summed E-state index contributed by atoms with van der Waals surface area (Å²) in [4.78, 5) is 25.4. The summed E-state index contributed by atoms with van der Waals surface area (Å²) in [7, 11) is 0. The average molecular weight is 289 g/mol. The van der Waals surface area contributed by atoms with E-state index >= 15 is 0 Å². The Kier molecular flexibility index (Phi) is 5.75. The number of hydrogen-bond donors (Lipinski definition) is 2. The largest absolute Gasteiger partial charge is 0.326 e. The molecule has 1 saturated heterocycles. The van der Waals surface area contributed by atoms with Gasteiger partial charge in [0.05, 0.1) is 6.54 Å². The van der Waals surface area contributed by atoms with E-state index in [9.17, 15) is 9.59 Å². The van der Waals surface area contributed by atoms with Crippen molar-refractivity contribution in [1.29, 1.82) is 0 Å². The number of amides is 2. The fourth-order valence-electron chi connectivity index (χ4n) is 2.41. The fraction of sp³-hybridized carbons (Fsp3) is 0.500. The van der Waals surface area contributed by atoms with Gasteiger partial charge in [-0.15, -0.1) is 0 Å². The number of nitrogens with one attached hydrogen (secondary N) is 2. The van der Waals surface area contributed by atoms with Crippen LogP contribution in [-0.2, 0) is 9.59 Å². The molecule has 2 N–H and O–H groups in total. The third-order valence-electron chi connectivity index (χ3n) is 3.59. The molecule has 114 valence electrons. The molecule has 2 rings (SSSR count). The second-order valence-corrected chi connectivity index (χ2v) is 5.36. The summed E-state index contributed by atoms with van der Waals surface area (Å²) < 4.78 is 0. The van der Waals surface area contributed by atoms with Crippen molar-refractivity contribution >= 4 is 23.2 Å². The molecular weight excluding hydrogens is 266 g/mol. The van der Waals surface area contributed by atoms with E-state index in [4.69, 9.17) is 0 Å². The number of carbonyl (C=O) groups excluding carboxylic acids is 2. The highest BCUT2D eigenvalue weighted by Crippen LogP contribution is 2.14. The number of nitrogens with zero attached hydrogens (tertiary/aromatic N) is 1. The van der Waals surface area contributed by atoms with Crippen LogP contribution < -0.4 is 10.6 Å². The van der Waals surface area contributed by atoms with Gasteiger partial charge in [0.1, 0.15) is 0 Å². The maximum Gasteiger partial charge on any atom is 0.238 e. The predicted octanol–water partition coefficient (Wildman–Crippen LogP) is 2.46. The van der Waals surface area contributed by atoms with Crippen LogP contribution in [0.25, 0.3) is 0 Å². The molecule has 2 amide bonds. The lowest BCUT2D eigenvalue weighted by atomic mass is 10.1. The second kappa shape index (κ2) is 7.78. The zero-order valence-corrected chi connectivity index (χ0v) is 12.5. The minimum absolute atomic E-state index is 0.0160. The quantitative estimate of drug-likeness (QED) is 0.875. The Hall–Kier alpha value is -1.88. The van der Waals surface area contributed by atoms with E-state index in [1.165, 1.54) is 19.3 Å². The highest BCUT2D eigenvalue weighted by molar-refractivity contribution is 5.93. The average Bonchev–Trinajstić information content (AvgIpc) is 2.50. The van der Waals surface area contributed by atoms with E-state index in [-0.39, 0.29) is 11.8 Å². The molecule has 0 bridgehead atoms. The molecule has 1 heterocycles. The molecule has 1 aliphatic rings. The molecule has 1 aliphatic heterocycles. The fourth-order valence-corrected chi connectivity index (χ4v) is 2.41. The maximum absolute atomic E-state index is 12.0. The van der Waals surface area contributed by atoms with Crippen molar-refractivity contribution in [2.75, 3.05) is 30.3 Å². The number of hydrogen-bond acceptors (Lipinski definition) is 3. The molecule has 1 aromatic carbocycles. The minimum Gasteiger partial charge on any atom is -0.326 e. The molecule has 0 spiro atoms. The summed E-state index contributed by atoms with van der Waals surface area (Å²) in [6.45, 7) is 4.28. The number of carbonyl (C=O) groups is 2. The molecule has 0 saturated carbocycles. The normalized spacial score (nSPS) is 15.5. The summed E-state index contributed by atoms with van der Waals surface area (Å²) >= 11 is 0. The van der Waals surface area contributed by atoms with Crippen molar-refractivity contribution in [3.63, 3.8) is 0 Å². The molecule has 1 fully saturated rings. The van der Waals surface area contributed by atoms with Crippen molar-refractivity contribution < 1.29 is 9.59 Å². The van der Waals surface area contributed by atoms with Crippen molar-refractivity contribution in [1.82, 2.24) is 4.90 Å². The van der Waals surface area contributed by atoms with Crippen LogP contribution in [0.15, 0.2) is 24.3 Å². The van der Waals surface area contributed by atoms with Gasteiger partial charge in [-0.25, -0.2) is 0 Å². The molecule has 0 radical (unpaired) electrons. The predicted molar refractivity (Wildman–Crippen MR) is 84.3 cm³/mol. The Morgan fingerprint density at radius 3 is 2.00 bits per heavy atom. The third kappa shape index (κ3) is 5.19. The van der Waals surface area contributed by atoms with Gasteiger partial charge in [-0.3, -0.25) is 14.5 Å². The van der Waals surface area contributed by atoms with Gasteiger partial charge in [0.15, 0.2) is 0 Å². The Morgan fingerprint density at radius 1 is 0.952 bits per heavy atom. The van der Waals surface area contributed by atoms with E-state index in [1.807, 2.05) is 6.92 Å². The zero-order chi connectivity index (χ0) is 15.1. The number of likely N-dealkylation sites (tertiary alicyclic amines) is 1. The smallest absolute Gasteiger partial charge is 0.238 e. The molecule has 5 heteroatoms. The van der Waals surface area contributed by atoms with Crippen LogP contribution in [0.2, 0.25) is 0 Å². The number of anilines is 2. The lowest BCUT2D eigenvalue weighted by Gasteiger charge is -2.25. The van der Waals surface area contributed by atoms with E-state index in [2.05, 4.69) is 15.5 Å². The first kappa shape index (κ1) is 15.5. The zero-order valence-electron chi connectivity index (χ0n) is 12.5. The topological polar surface area (TPSA) is 61.4 Å². The van der Waals surface area contributed by atoms with Gasteiger partial charge >= 0.3 is 0 Å². The summed E-state index contributed by atoms with van der Waals surface area (Å²) in [5.74, 6) is -0.000808. The molecule has 0 unspecified atom stereocenters. The first-order chi connectivity index (χ1) is 10.2. The van der Waals surface area contributed by atoms with Crippen molar-refractivity contribution in [3.05, 3.63) is 24.3 Å². The van der Waals surface area contributed by atoms with Crippen LogP contribution in [0.1, 0.15) is 32.6 Å². The molecule has 5 nitrogen and oxygen atoms in total. The van der Waals surface area contributed by atoms with Crippen molar-refractivity contribution in [2.45, 2.75) is 32.6 Å². The van der Waals surface area contributed by atoms with E-state index in [0.29, 0.717) is 13.0 Å². The molecule has 21 heavy (non-hydrogen) atoms. The van der Waals surface area contributed by atoms with Crippen LogP contribution in [0, 0.1) is 0 Å². The lowest BCUT2D eigenvalue weighted by Crippen LogP contribution is -2.36. The summed E-state index contributed by atoms with van der Waals surface area (Å²) in [5, 5.41) is 5.67.